The molecule has 110 valence electrons. The zero-order valence-corrected chi connectivity index (χ0v) is 11.4. The van der Waals surface area contributed by atoms with E-state index in [9.17, 15) is 4.79 Å². The molecule has 1 rings (SSSR count). The number of rotatable bonds is 7. The van der Waals surface area contributed by atoms with E-state index in [2.05, 4.69) is 15.8 Å². The number of methoxy groups -OCH3 is 1. The maximum atomic E-state index is 11.7. The van der Waals surface area contributed by atoms with Gasteiger partial charge in [-0.3, -0.25) is 0 Å². The molecule has 0 heterocycles. The summed E-state index contributed by atoms with van der Waals surface area (Å²) in [4.78, 5) is 11.7. The molecule has 2 amide bonds. The number of nitrogens with zero attached hydrogens (tertiary/aromatic N) is 1. The number of hydrogen-bond acceptors (Lipinski definition) is 4. The van der Waals surface area contributed by atoms with Gasteiger partial charge in [-0.05, 0) is 25.0 Å². The summed E-state index contributed by atoms with van der Waals surface area (Å²) >= 11 is 0. The maximum absolute atomic E-state index is 11.7. The molecule has 0 aliphatic heterocycles. The van der Waals surface area contributed by atoms with E-state index < -0.39 is 0 Å². The molecule has 0 unspecified atom stereocenters. The molecule has 5 N–H and O–H groups in total. The Morgan fingerprint density at radius 2 is 2.15 bits per heavy atom. The zero-order chi connectivity index (χ0) is 14.8. The zero-order valence-electron chi connectivity index (χ0n) is 11.4. The number of amides is 2. The molecule has 7 heteroatoms. The minimum absolute atomic E-state index is 0.198. The summed E-state index contributed by atoms with van der Waals surface area (Å²) in [7, 11) is 1.55. The van der Waals surface area contributed by atoms with Crippen LogP contribution in [0.5, 0.6) is 5.75 Å². The van der Waals surface area contributed by atoms with Crippen molar-refractivity contribution in [2.24, 2.45) is 10.9 Å². The van der Waals surface area contributed by atoms with Gasteiger partial charge in [0.15, 0.2) is 0 Å². The van der Waals surface area contributed by atoms with Crippen LogP contribution in [-0.4, -0.2) is 30.7 Å². The average molecular weight is 280 g/mol. The van der Waals surface area contributed by atoms with E-state index in [-0.39, 0.29) is 11.9 Å². The molecule has 7 nitrogen and oxygen atoms in total. The third-order valence-electron chi connectivity index (χ3n) is 2.63. The summed E-state index contributed by atoms with van der Waals surface area (Å²) < 4.78 is 5.13. The molecular weight excluding hydrogens is 260 g/mol. The lowest BCUT2D eigenvalue weighted by Gasteiger charge is -2.10. The number of nitrogens with two attached hydrogens (primary N) is 1. The highest BCUT2D eigenvalue weighted by Crippen LogP contribution is 2.22. The molecule has 0 fully saturated rings. The third-order valence-corrected chi connectivity index (χ3v) is 2.63. The lowest BCUT2D eigenvalue weighted by Crippen LogP contribution is -2.29. The highest BCUT2D eigenvalue weighted by atomic mass is 16.5. The van der Waals surface area contributed by atoms with Gasteiger partial charge >= 0.3 is 6.03 Å². The summed E-state index contributed by atoms with van der Waals surface area (Å²) in [5.41, 5.74) is 5.95. The monoisotopic (exact) mass is 280 g/mol. The first-order valence-electron chi connectivity index (χ1n) is 6.31. The molecule has 0 aromatic heterocycles. The van der Waals surface area contributed by atoms with Crippen LogP contribution in [0.25, 0.3) is 0 Å². The largest absolute Gasteiger partial charge is 0.495 e. The van der Waals surface area contributed by atoms with Crippen LogP contribution >= 0.6 is 0 Å². The number of benzene rings is 1. The van der Waals surface area contributed by atoms with Gasteiger partial charge in [0, 0.05) is 13.0 Å². The first-order chi connectivity index (χ1) is 9.67. The number of amidine groups is 1. The van der Waals surface area contributed by atoms with Crippen LogP contribution in [0.4, 0.5) is 10.5 Å². The predicted molar refractivity (Wildman–Crippen MR) is 77.3 cm³/mol. The van der Waals surface area contributed by atoms with Gasteiger partial charge in [-0.15, -0.1) is 0 Å². The van der Waals surface area contributed by atoms with Crippen molar-refractivity contribution in [2.45, 2.75) is 19.3 Å². The summed E-state index contributed by atoms with van der Waals surface area (Å²) in [5, 5.41) is 16.7. The number of para-hydroxylation sites is 2. The normalized spacial score (nSPS) is 10.9. The minimum Gasteiger partial charge on any atom is -0.495 e. The van der Waals surface area contributed by atoms with Crippen molar-refractivity contribution in [3.8, 4) is 5.75 Å². The number of oxime groups is 1. The number of anilines is 1. The molecule has 0 saturated carbocycles. The van der Waals surface area contributed by atoms with Crippen LogP contribution in [-0.2, 0) is 0 Å². The molecule has 0 saturated heterocycles. The molecule has 0 atom stereocenters. The predicted octanol–water partition coefficient (Wildman–Crippen LogP) is 1.73. The van der Waals surface area contributed by atoms with Gasteiger partial charge in [0.05, 0.1) is 12.8 Å². The molecule has 0 aliphatic rings. The Hall–Kier alpha value is -2.44. The Morgan fingerprint density at radius 1 is 1.40 bits per heavy atom. The van der Waals surface area contributed by atoms with Crippen LogP contribution in [0.3, 0.4) is 0 Å². The Morgan fingerprint density at radius 3 is 2.85 bits per heavy atom. The summed E-state index contributed by atoms with van der Waals surface area (Å²) in [6.45, 7) is 0.514. The number of nitrogens with one attached hydrogen (secondary N) is 2. The molecule has 0 aliphatic carbocycles. The van der Waals surface area contributed by atoms with Crippen molar-refractivity contribution in [1.82, 2.24) is 5.32 Å². The van der Waals surface area contributed by atoms with E-state index in [4.69, 9.17) is 15.7 Å². The average Bonchev–Trinajstić information content (AvgIpc) is 2.47. The molecule has 20 heavy (non-hydrogen) atoms. The molecule has 0 radical (unpaired) electrons. The standard InChI is InChI=1S/C13H20N4O3/c1-20-11-7-3-2-6-10(11)16-13(18)15-9-5-4-8-12(14)17-19/h2-3,6-7,19H,4-5,8-9H2,1H3,(H2,14,17)(H2,15,16,18). The smallest absolute Gasteiger partial charge is 0.319 e. The quantitative estimate of drug-likeness (QED) is 0.200. The topological polar surface area (TPSA) is 109 Å². The van der Waals surface area contributed by atoms with Gasteiger partial charge in [-0.1, -0.05) is 17.3 Å². The van der Waals surface area contributed by atoms with E-state index in [1.165, 1.54) is 0 Å². The molecule has 0 bridgehead atoms. The van der Waals surface area contributed by atoms with E-state index in [0.29, 0.717) is 24.4 Å². The Labute approximate surface area is 117 Å². The van der Waals surface area contributed by atoms with Crippen LogP contribution in [0.15, 0.2) is 29.4 Å². The fraction of sp³-hybridized carbons (Fsp3) is 0.385. The second-order valence-corrected chi connectivity index (χ2v) is 4.13. The Bertz CT molecular complexity index is 463. The first-order valence-corrected chi connectivity index (χ1v) is 6.31. The van der Waals surface area contributed by atoms with Crippen molar-refractivity contribution in [3.63, 3.8) is 0 Å². The number of unbranched alkanes of at least 4 members (excludes halogenated alkanes) is 1. The fourth-order valence-corrected chi connectivity index (χ4v) is 1.60. The molecule has 1 aromatic carbocycles. The third kappa shape index (κ3) is 5.47. The fourth-order valence-electron chi connectivity index (χ4n) is 1.60. The maximum Gasteiger partial charge on any atom is 0.319 e. The number of carbonyl (C=O) groups excluding carboxylic acids is 1. The second-order valence-electron chi connectivity index (χ2n) is 4.13. The molecule has 1 aromatic rings. The SMILES string of the molecule is COc1ccccc1NC(=O)NCCCCC(N)=NO. The lowest BCUT2D eigenvalue weighted by molar-refractivity contribution is 0.252. The second kappa shape index (κ2) is 8.63. The van der Waals surface area contributed by atoms with Crippen LogP contribution in [0, 0.1) is 0 Å². The highest BCUT2D eigenvalue weighted by molar-refractivity contribution is 5.90. The minimum atomic E-state index is -0.293. The van der Waals surface area contributed by atoms with Gasteiger partial charge in [0.1, 0.15) is 11.6 Å². The van der Waals surface area contributed by atoms with Crippen LogP contribution in [0.2, 0.25) is 0 Å². The Kier molecular flexibility index (Phi) is 6.74. The van der Waals surface area contributed by atoms with Crippen molar-refractivity contribution < 1.29 is 14.7 Å². The van der Waals surface area contributed by atoms with Gasteiger partial charge < -0.3 is 26.3 Å². The van der Waals surface area contributed by atoms with Gasteiger partial charge in [0.25, 0.3) is 0 Å². The number of hydrogen-bond donors (Lipinski definition) is 4. The van der Waals surface area contributed by atoms with Crippen molar-refractivity contribution in [2.75, 3.05) is 19.0 Å². The van der Waals surface area contributed by atoms with Crippen molar-refractivity contribution in [1.29, 1.82) is 0 Å². The number of urea groups is 1. The summed E-state index contributed by atoms with van der Waals surface area (Å²) in [6, 6.07) is 6.88. The van der Waals surface area contributed by atoms with Crippen LogP contribution in [0.1, 0.15) is 19.3 Å². The molecule has 0 spiro atoms. The number of ether oxygens (including phenoxy) is 1. The van der Waals surface area contributed by atoms with E-state index in [0.717, 1.165) is 12.8 Å². The van der Waals surface area contributed by atoms with Crippen molar-refractivity contribution in [3.05, 3.63) is 24.3 Å². The van der Waals surface area contributed by atoms with Gasteiger partial charge in [0.2, 0.25) is 0 Å². The van der Waals surface area contributed by atoms with Crippen molar-refractivity contribution >= 4 is 17.6 Å². The van der Waals surface area contributed by atoms with E-state index in [1.54, 1.807) is 19.2 Å². The summed E-state index contributed by atoms with van der Waals surface area (Å²) in [6.07, 6.45) is 1.99. The van der Waals surface area contributed by atoms with Gasteiger partial charge in [-0.2, -0.15) is 0 Å². The highest BCUT2D eigenvalue weighted by Gasteiger charge is 2.05. The first kappa shape index (κ1) is 15.6. The van der Waals surface area contributed by atoms with E-state index >= 15 is 0 Å². The van der Waals surface area contributed by atoms with E-state index in [1.807, 2.05) is 12.1 Å². The summed E-state index contributed by atoms with van der Waals surface area (Å²) in [5.74, 6) is 0.804. The van der Waals surface area contributed by atoms with Gasteiger partial charge in [-0.25, -0.2) is 4.79 Å². The molecular formula is C13H20N4O3. The Balaban J connectivity index is 2.27. The lowest BCUT2D eigenvalue weighted by atomic mass is 10.2. The number of carbonyl (C=O) groups is 1. The van der Waals surface area contributed by atoms with Crippen LogP contribution < -0.4 is 21.1 Å².